The van der Waals surface area contributed by atoms with Crippen molar-refractivity contribution in [3.05, 3.63) is 16.3 Å². The standard InChI is InChI=1S/C7H10O4S2/c1-6-4-12-5-7(6)11-2-3-13(8,9)10/h4-5H,2-3H2,1H3,(H,8,9,10). The van der Waals surface area contributed by atoms with Crippen molar-refractivity contribution in [3.63, 3.8) is 0 Å². The number of hydrogen-bond acceptors (Lipinski definition) is 4. The van der Waals surface area contributed by atoms with Gasteiger partial charge in [-0.15, -0.1) is 11.3 Å². The third kappa shape index (κ3) is 3.75. The van der Waals surface area contributed by atoms with E-state index in [-0.39, 0.29) is 12.4 Å². The zero-order chi connectivity index (χ0) is 9.90. The van der Waals surface area contributed by atoms with E-state index in [0.717, 1.165) is 5.56 Å². The summed E-state index contributed by atoms with van der Waals surface area (Å²) in [5.41, 5.74) is 0.973. The van der Waals surface area contributed by atoms with Gasteiger partial charge in [-0.25, -0.2) is 0 Å². The molecule has 1 rings (SSSR count). The van der Waals surface area contributed by atoms with Crippen LogP contribution in [0.3, 0.4) is 0 Å². The number of ether oxygens (including phenoxy) is 1. The first-order chi connectivity index (χ1) is 5.99. The molecule has 0 aromatic carbocycles. The van der Waals surface area contributed by atoms with Crippen molar-refractivity contribution in [1.82, 2.24) is 0 Å². The fourth-order valence-corrected chi connectivity index (χ4v) is 1.81. The molecule has 4 nitrogen and oxygen atoms in total. The lowest BCUT2D eigenvalue weighted by atomic mass is 10.4. The average Bonchev–Trinajstić information content (AvgIpc) is 2.34. The van der Waals surface area contributed by atoms with Crippen LogP contribution in [-0.2, 0) is 10.1 Å². The van der Waals surface area contributed by atoms with Crippen LogP contribution in [-0.4, -0.2) is 25.3 Å². The van der Waals surface area contributed by atoms with Crippen molar-refractivity contribution in [2.45, 2.75) is 6.92 Å². The maximum atomic E-state index is 10.3. The van der Waals surface area contributed by atoms with Crippen molar-refractivity contribution < 1.29 is 17.7 Å². The van der Waals surface area contributed by atoms with E-state index in [1.165, 1.54) is 11.3 Å². The van der Waals surface area contributed by atoms with E-state index in [0.29, 0.717) is 5.75 Å². The summed E-state index contributed by atoms with van der Waals surface area (Å²) in [5, 5.41) is 3.70. The van der Waals surface area contributed by atoms with Crippen molar-refractivity contribution >= 4 is 21.5 Å². The lowest BCUT2D eigenvalue weighted by molar-refractivity contribution is 0.335. The first-order valence-corrected chi connectivity index (χ1v) is 6.15. The molecule has 74 valence electrons. The van der Waals surface area contributed by atoms with Gasteiger partial charge in [0.1, 0.15) is 18.1 Å². The molecule has 1 N–H and O–H groups in total. The molecule has 6 heteroatoms. The second-order valence-electron chi connectivity index (χ2n) is 2.55. The minimum Gasteiger partial charge on any atom is -0.491 e. The van der Waals surface area contributed by atoms with Gasteiger partial charge in [0, 0.05) is 10.9 Å². The zero-order valence-corrected chi connectivity index (χ0v) is 8.69. The molecule has 0 spiro atoms. The lowest BCUT2D eigenvalue weighted by Crippen LogP contribution is -2.12. The van der Waals surface area contributed by atoms with E-state index in [1.54, 1.807) is 5.38 Å². The van der Waals surface area contributed by atoms with Gasteiger partial charge in [0.25, 0.3) is 10.1 Å². The first-order valence-electron chi connectivity index (χ1n) is 3.60. The van der Waals surface area contributed by atoms with Crippen LogP contribution in [0.5, 0.6) is 5.75 Å². The summed E-state index contributed by atoms with van der Waals surface area (Å²) >= 11 is 1.49. The molecule has 13 heavy (non-hydrogen) atoms. The van der Waals surface area contributed by atoms with Gasteiger partial charge in [0.05, 0.1) is 0 Å². The minimum atomic E-state index is -3.91. The summed E-state index contributed by atoms with van der Waals surface area (Å²) in [7, 11) is -3.91. The molecule has 0 fully saturated rings. The van der Waals surface area contributed by atoms with Crippen LogP contribution in [0.1, 0.15) is 5.56 Å². The maximum Gasteiger partial charge on any atom is 0.268 e. The SMILES string of the molecule is Cc1cscc1OCCS(=O)(=O)O. The van der Waals surface area contributed by atoms with Gasteiger partial charge in [0.15, 0.2) is 0 Å². The lowest BCUT2D eigenvalue weighted by Gasteiger charge is -2.02. The Morgan fingerprint density at radius 3 is 2.69 bits per heavy atom. The quantitative estimate of drug-likeness (QED) is 0.780. The van der Waals surface area contributed by atoms with Crippen LogP contribution < -0.4 is 4.74 Å². The predicted octanol–water partition coefficient (Wildman–Crippen LogP) is 1.32. The molecule has 1 aromatic rings. The van der Waals surface area contributed by atoms with E-state index in [1.807, 2.05) is 12.3 Å². The Labute approximate surface area is 80.9 Å². The van der Waals surface area contributed by atoms with Crippen LogP contribution in [0, 0.1) is 6.92 Å². The first kappa shape index (κ1) is 10.5. The van der Waals surface area contributed by atoms with Crippen molar-refractivity contribution in [2.75, 3.05) is 12.4 Å². The molecule has 0 radical (unpaired) electrons. The third-order valence-corrected chi connectivity index (χ3v) is 2.93. The summed E-state index contributed by atoms with van der Waals surface area (Å²) in [6, 6.07) is 0. The number of thiophene rings is 1. The van der Waals surface area contributed by atoms with Gasteiger partial charge in [0.2, 0.25) is 0 Å². The fourth-order valence-electron chi connectivity index (χ4n) is 0.754. The highest BCUT2D eigenvalue weighted by molar-refractivity contribution is 7.85. The van der Waals surface area contributed by atoms with Gasteiger partial charge < -0.3 is 4.74 Å². The Kier molecular flexibility index (Phi) is 3.29. The van der Waals surface area contributed by atoms with Gasteiger partial charge in [-0.1, -0.05) is 0 Å². The number of rotatable bonds is 4. The molecule has 0 atom stereocenters. The summed E-state index contributed by atoms with van der Waals surface area (Å²) in [4.78, 5) is 0. The van der Waals surface area contributed by atoms with Crippen LogP contribution >= 0.6 is 11.3 Å². The second kappa shape index (κ2) is 4.08. The van der Waals surface area contributed by atoms with E-state index in [9.17, 15) is 8.42 Å². The number of hydrogen-bond donors (Lipinski definition) is 1. The fraction of sp³-hybridized carbons (Fsp3) is 0.429. The Balaban J connectivity index is 2.41. The van der Waals surface area contributed by atoms with Crippen molar-refractivity contribution in [1.29, 1.82) is 0 Å². The Hall–Kier alpha value is -0.590. The third-order valence-electron chi connectivity index (χ3n) is 1.41. The monoisotopic (exact) mass is 222 g/mol. The minimum absolute atomic E-state index is 0.0175. The molecule has 0 aliphatic rings. The number of aryl methyl sites for hydroxylation is 1. The molecule has 0 saturated heterocycles. The normalized spacial score (nSPS) is 11.5. The largest absolute Gasteiger partial charge is 0.491 e. The Bertz CT molecular complexity index is 366. The van der Waals surface area contributed by atoms with Crippen molar-refractivity contribution in [3.8, 4) is 5.75 Å². The molecule has 0 bridgehead atoms. The summed E-state index contributed by atoms with van der Waals surface area (Å²) in [6.45, 7) is 1.86. The Morgan fingerprint density at radius 1 is 1.54 bits per heavy atom. The van der Waals surface area contributed by atoms with E-state index >= 15 is 0 Å². The highest BCUT2D eigenvalue weighted by Gasteiger charge is 2.05. The summed E-state index contributed by atoms with van der Waals surface area (Å²) < 4.78 is 34.2. The van der Waals surface area contributed by atoms with E-state index < -0.39 is 10.1 Å². The molecule has 1 heterocycles. The van der Waals surface area contributed by atoms with Crippen LogP contribution in [0.15, 0.2) is 10.8 Å². The molecule has 0 aliphatic heterocycles. The van der Waals surface area contributed by atoms with Gasteiger partial charge >= 0.3 is 0 Å². The van der Waals surface area contributed by atoms with Gasteiger partial charge in [-0.2, -0.15) is 8.42 Å². The van der Waals surface area contributed by atoms with Crippen LogP contribution in [0.25, 0.3) is 0 Å². The Morgan fingerprint density at radius 2 is 2.23 bits per heavy atom. The average molecular weight is 222 g/mol. The van der Waals surface area contributed by atoms with E-state index in [4.69, 9.17) is 9.29 Å². The van der Waals surface area contributed by atoms with E-state index in [2.05, 4.69) is 0 Å². The summed E-state index contributed by atoms with van der Waals surface area (Å²) in [6.07, 6.45) is 0. The molecule has 0 amide bonds. The second-order valence-corrected chi connectivity index (χ2v) is 4.87. The smallest absolute Gasteiger partial charge is 0.268 e. The topological polar surface area (TPSA) is 63.6 Å². The maximum absolute atomic E-state index is 10.3. The molecule has 1 aromatic heterocycles. The van der Waals surface area contributed by atoms with Crippen LogP contribution in [0.2, 0.25) is 0 Å². The molecule has 0 aliphatic carbocycles. The zero-order valence-electron chi connectivity index (χ0n) is 7.06. The molecular formula is C7H10O4S2. The molecule has 0 saturated carbocycles. The predicted molar refractivity (Wildman–Crippen MR) is 51.0 cm³/mol. The van der Waals surface area contributed by atoms with Gasteiger partial charge in [-0.05, 0) is 12.3 Å². The molecule has 0 unspecified atom stereocenters. The summed E-state index contributed by atoms with van der Waals surface area (Å²) in [5.74, 6) is 0.302. The van der Waals surface area contributed by atoms with Gasteiger partial charge in [-0.3, -0.25) is 4.55 Å². The highest BCUT2D eigenvalue weighted by atomic mass is 32.2. The molecular weight excluding hydrogens is 212 g/mol. The highest BCUT2D eigenvalue weighted by Crippen LogP contribution is 2.21. The van der Waals surface area contributed by atoms with Crippen molar-refractivity contribution in [2.24, 2.45) is 0 Å². The van der Waals surface area contributed by atoms with Crippen LogP contribution in [0.4, 0.5) is 0 Å².